The third-order valence-corrected chi connectivity index (χ3v) is 3.55. The summed E-state index contributed by atoms with van der Waals surface area (Å²) in [5.74, 6) is -0.494. The summed E-state index contributed by atoms with van der Waals surface area (Å²) in [5, 5.41) is 0.387. The molecule has 0 saturated heterocycles. The highest BCUT2D eigenvalue weighted by Crippen LogP contribution is 2.32. The van der Waals surface area contributed by atoms with Gasteiger partial charge in [-0.15, -0.1) is 0 Å². The summed E-state index contributed by atoms with van der Waals surface area (Å²) in [6, 6.07) is 4.17. The maximum atomic E-state index is 13.2. The maximum absolute atomic E-state index is 13.2. The van der Waals surface area contributed by atoms with Gasteiger partial charge in [-0.1, -0.05) is 23.2 Å². The van der Waals surface area contributed by atoms with Crippen molar-refractivity contribution in [1.29, 1.82) is 0 Å². The predicted molar refractivity (Wildman–Crippen MR) is 76.2 cm³/mol. The first-order valence-electron chi connectivity index (χ1n) is 5.27. The molecule has 0 amide bonds. The Morgan fingerprint density at radius 1 is 1.26 bits per heavy atom. The predicted octanol–water partition coefficient (Wildman–Crippen LogP) is 4.53. The highest BCUT2D eigenvalue weighted by atomic mass is 35.5. The molecule has 3 aromatic rings. The number of halogens is 3. The van der Waals surface area contributed by atoms with Crippen LogP contribution in [0.1, 0.15) is 0 Å². The second-order valence-corrected chi connectivity index (χ2v) is 5.08. The minimum Gasteiger partial charge on any atom is -0.329 e. The van der Waals surface area contributed by atoms with Crippen molar-refractivity contribution < 1.29 is 4.39 Å². The van der Waals surface area contributed by atoms with Gasteiger partial charge in [-0.25, -0.2) is 4.39 Å². The Labute approximate surface area is 122 Å². The molecule has 2 heterocycles. The average molecular weight is 314 g/mol. The van der Waals surface area contributed by atoms with E-state index in [9.17, 15) is 4.39 Å². The van der Waals surface area contributed by atoms with Crippen LogP contribution in [0.25, 0.3) is 16.7 Å². The summed E-state index contributed by atoms with van der Waals surface area (Å²) in [4.78, 5) is 7.00. The molecule has 0 spiro atoms. The Bertz CT molecular complexity index is 817. The van der Waals surface area contributed by atoms with Crippen molar-refractivity contribution in [2.45, 2.75) is 0 Å². The lowest BCUT2D eigenvalue weighted by molar-refractivity contribution is 0.627. The van der Waals surface area contributed by atoms with E-state index in [1.807, 2.05) is 0 Å². The number of fused-ring (bicyclic) bond motifs is 1. The molecule has 3 nitrogen and oxygen atoms in total. The van der Waals surface area contributed by atoms with Gasteiger partial charge in [0.1, 0.15) is 5.82 Å². The highest BCUT2D eigenvalue weighted by Gasteiger charge is 2.14. The maximum Gasteiger partial charge on any atom is 0.182 e. The zero-order chi connectivity index (χ0) is 13.6. The number of nitrogens with zero attached hydrogens (tertiary/aromatic N) is 2. The first-order valence-corrected chi connectivity index (χ1v) is 6.44. The molecule has 96 valence electrons. The molecule has 0 aliphatic heterocycles. The van der Waals surface area contributed by atoms with E-state index in [4.69, 9.17) is 35.4 Å². The molecule has 1 aromatic carbocycles. The zero-order valence-corrected chi connectivity index (χ0v) is 11.7. The fourth-order valence-electron chi connectivity index (χ4n) is 1.93. The third kappa shape index (κ3) is 2.04. The molecule has 0 aliphatic carbocycles. The van der Waals surface area contributed by atoms with Gasteiger partial charge >= 0.3 is 0 Å². The molecule has 3 rings (SSSR count). The molecule has 0 atom stereocenters. The van der Waals surface area contributed by atoms with Crippen LogP contribution in [0.4, 0.5) is 4.39 Å². The number of rotatable bonds is 1. The lowest BCUT2D eigenvalue weighted by Gasteiger charge is -2.09. The molecule has 19 heavy (non-hydrogen) atoms. The smallest absolute Gasteiger partial charge is 0.182 e. The number of nitrogens with one attached hydrogen (secondary N) is 1. The molecule has 0 unspecified atom stereocenters. The van der Waals surface area contributed by atoms with Crippen molar-refractivity contribution in [2.24, 2.45) is 0 Å². The first kappa shape index (κ1) is 12.6. The standard InChI is InChI=1S/C12H6Cl2FN3S/c13-7-3-6(15)4-8(14)11(7)18-10-1-2-16-5-9(10)17-12(18)19/h1-5H,(H,17,19). The summed E-state index contributed by atoms with van der Waals surface area (Å²) in [6.45, 7) is 0. The third-order valence-electron chi connectivity index (χ3n) is 2.69. The van der Waals surface area contributed by atoms with Crippen LogP contribution in [0.5, 0.6) is 0 Å². The van der Waals surface area contributed by atoms with Gasteiger partial charge < -0.3 is 4.98 Å². The topological polar surface area (TPSA) is 33.6 Å². The van der Waals surface area contributed by atoms with Gasteiger partial charge in [-0.2, -0.15) is 0 Å². The summed E-state index contributed by atoms with van der Waals surface area (Å²) >= 11 is 17.4. The number of hydrogen-bond donors (Lipinski definition) is 1. The van der Waals surface area contributed by atoms with Crippen LogP contribution < -0.4 is 0 Å². The lowest BCUT2D eigenvalue weighted by atomic mass is 10.3. The Balaban J connectivity index is 2.43. The molecule has 0 saturated carbocycles. The van der Waals surface area contributed by atoms with Gasteiger partial charge in [0, 0.05) is 6.20 Å². The summed E-state index contributed by atoms with van der Waals surface area (Å²) in [7, 11) is 0. The van der Waals surface area contributed by atoms with Gasteiger partial charge in [0.15, 0.2) is 4.77 Å². The van der Waals surface area contributed by atoms with Crippen molar-refractivity contribution in [2.75, 3.05) is 0 Å². The van der Waals surface area contributed by atoms with E-state index in [1.54, 1.807) is 23.0 Å². The zero-order valence-electron chi connectivity index (χ0n) is 9.32. The van der Waals surface area contributed by atoms with E-state index in [0.29, 0.717) is 10.5 Å². The molecule has 0 bridgehead atoms. The normalized spacial score (nSPS) is 11.1. The minimum atomic E-state index is -0.494. The summed E-state index contributed by atoms with van der Waals surface area (Å²) < 4.78 is 15.3. The highest BCUT2D eigenvalue weighted by molar-refractivity contribution is 7.71. The largest absolute Gasteiger partial charge is 0.329 e. The van der Waals surface area contributed by atoms with E-state index in [2.05, 4.69) is 9.97 Å². The fraction of sp³-hybridized carbons (Fsp3) is 0. The number of hydrogen-bond acceptors (Lipinski definition) is 2. The van der Waals surface area contributed by atoms with Crippen molar-refractivity contribution in [3.63, 3.8) is 0 Å². The van der Waals surface area contributed by atoms with E-state index in [1.165, 1.54) is 12.1 Å². The molecule has 0 fully saturated rings. The SMILES string of the molecule is Fc1cc(Cl)c(-n2c(=S)[nH]c3cnccc32)c(Cl)c1. The van der Waals surface area contributed by atoms with Gasteiger partial charge in [-0.3, -0.25) is 9.55 Å². The quantitative estimate of drug-likeness (QED) is 0.670. The molecular weight excluding hydrogens is 308 g/mol. The van der Waals surface area contributed by atoms with E-state index in [0.717, 1.165) is 11.0 Å². The number of H-pyrrole nitrogens is 1. The van der Waals surface area contributed by atoms with Gasteiger partial charge in [0.25, 0.3) is 0 Å². The number of benzene rings is 1. The van der Waals surface area contributed by atoms with E-state index >= 15 is 0 Å². The van der Waals surface area contributed by atoms with Crippen molar-refractivity contribution in [3.8, 4) is 5.69 Å². The van der Waals surface area contributed by atoms with Crippen molar-refractivity contribution in [1.82, 2.24) is 14.5 Å². The first-order chi connectivity index (χ1) is 9.08. The lowest BCUT2D eigenvalue weighted by Crippen LogP contribution is -1.97. The molecular formula is C12H6Cl2FN3S. The molecule has 2 aromatic heterocycles. The van der Waals surface area contributed by atoms with Gasteiger partial charge in [0.2, 0.25) is 0 Å². The average Bonchev–Trinajstić information content (AvgIpc) is 2.65. The van der Waals surface area contributed by atoms with E-state index < -0.39 is 5.82 Å². The molecule has 0 aliphatic rings. The summed E-state index contributed by atoms with van der Waals surface area (Å²) in [5.41, 5.74) is 1.98. The Kier molecular flexibility index (Phi) is 3.05. The molecule has 7 heteroatoms. The van der Waals surface area contributed by atoms with Crippen molar-refractivity contribution >= 4 is 46.5 Å². The second-order valence-electron chi connectivity index (χ2n) is 3.88. The molecule has 0 radical (unpaired) electrons. The second kappa shape index (κ2) is 4.59. The monoisotopic (exact) mass is 313 g/mol. The number of aromatic nitrogens is 3. The number of imidazole rings is 1. The van der Waals surface area contributed by atoms with Crippen LogP contribution in [0.2, 0.25) is 10.0 Å². The van der Waals surface area contributed by atoms with Crippen LogP contribution in [0.3, 0.4) is 0 Å². The van der Waals surface area contributed by atoms with Crippen LogP contribution >= 0.6 is 35.4 Å². The minimum absolute atomic E-state index is 0.193. The summed E-state index contributed by atoms with van der Waals surface area (Å²) in [6.07, 6.45) is 3.28. The Hall–Kier alpha value is -1.43. The van der Waals surface area contributed by atoms with Gasteiger partial charge in [-0.05, 0) is 30.4 Å². The Morgan fingerprint density at radius 3 is 2.63 bits per heavy atom. The molecule has 1 N–H and O–H groups in total. The number of aromatic amines is 1. The fourth-order valence-corrected chi connectivity index (χ4v) is 2.86. The van der Waals surface area contributed by atoms with Crippen LogP contribution in [-0.2, 0) is 0 Å². The van der Waals surface area contributed by atoms with E-state index in [-0.39, 0.29) is 10.0 Å². The van der Waals surface area contributed by atoms with Gasteiger partial charge in [0.05, 0.1) is 33.0 Å². The Morgan fingerprint density at radius 2 is 1.95 bits per heavy atom. The van der Waals surface area contributed by atoms with Crippen LogP contribution in [0, 0.1) is 10.6 Å². The van der Waals surface area contributed by atoms with Crippen LogP contribution in [0.15, 0.2) is 30.6 Å². The number of pyridine rings is 1. The van der Waals surface area contributed by atoms with Crippen LogP contribution in [-0.4, -0.2) is 14.5 Å². The van der Waals surface area contributed by atoms with Crippen molar-refractivity contribution in [3.05, 3.63) is 51.2 Å².